The van der Waals surface area contributed by atoms with Crippen molar-refractivity contribution >= 4 is 16.7 Å². The first-order valence-corrected chi connectivity index (χ1v) is 7.32. The number of hydrogen-bond acceptors (Lipinski definition) is 4. The fraction of sp³-hybridized carbons (Fsp3) is 0.429. The van der Waals surface area contributed by atoms with E-state index in [0.29, 0.717) is 5.13 Å². The van der Waals surface area contributed by atoms with Crippen LogP contribution in [0.2, 0.25) is 0 Å². The molecule has 0 aliphatic heterocycles. The molecule has 1 heterocycles. The number of nitrogens with one attached hydrogen (secondary N) is 1. The topological polar surface area (TPSA) is 37.8 Å². The molecule has 0 bridgehead atoms. The second-order valence-electron chi connectivity index (χ2n) is 5.10. The molecule has 1 atom stereocenters. The van der Waals surface area contributed by atoms with Gasteiger partial charge in [-0.25, -0.2) is 4.98 Å². The minimum Gasteiger partial charge on any atom is -0.354 e. The number of benzene rings is 1. The van der Waals surface area contributed by atoms with Crippen molar-refractivity contribution in [3.63, 3.8) is 0 Å². The summed E-state index contributed by atoms with van der Waals surface area (Å²) in [5.41, 5.74) is 0.126. The molecular weight excluding hydrogens is 299 g/mol. The van der Waals surface area contributed by atoms with Crippen LogP contribution in [-0.2, 0) is 6.18 Å². The van der Waals surface area contributed by atoms with Crippen LogP contribution in [0.25, 0.3) is 0 Å². The normalized spacial score (nSPS) is 13.5. The number of halogens is 3. The van der Waals surface area contributed by atoms with Gasteiger partial charge >= 0.3 is 6.18 Å². The molecule has 1 aromatic heterocycles. The van der Waals surface area contributed by atoms with Crippen LogP contribution in [0.15, 0.2) is 24.3 Å². The van der Waals surface area contributed by atoms with Gasteiger partial charge < -0.3 is 5.32 Å². The largest absolute Gasteiger partial charge is 0.416 e. The third-order valence-electron chi connectivity index (χ3n) is 3.04. The van der Waals surface area contributed by atoms with Crippen LogP contribution in [-0.4, -0.2) is 9.36 Å². The summed E-state index contributed by atoms with van der Waals surface area (Å²) in [6.07, 6.45) is -4.30. The first kappa shape index (κ1) is 15.8. The molecule has 0 fully saturated rings. The Morgan fingerprint density at radius 3 is 2.19 bits per heavy atom. The summed E-state index contributed by atoms with van der Waals surface area (Å²) < 4.78 is 41.8. The highest BCUT2D eigenvalue weighted by Gasteiger charge is 2.30. The highest BCUT2D eigenvalue weighted by molar-refractivity contribution is 7.09. The van der Waals surface area contributed by atoms with Gasteiger partial charge in [0.05, 0.1) is 11.6 Å². The number of alkyl halides is 3. The van der Waals surface area contributed by atoms with Gasteiger partial charge in [0.15, 0.2) is 0 Å². The number of nitrogens with zero attached hydrogens (tertiary/aromatic N) is 2. The summed E-state index contributed by atoms with van der Waals surface area (Å²) in [5.74, 6) is 1.01. The van der Waals surface area contributed by atoms with Crippen LogP contribution in [0.5, 0.6) is 0 Å². The number of anilines is 1. The number of rotatable bonds is 4. The quantitative estimate of drug-likeness (QED) is 0.876. The molecule has 0 aliphatic carbocycles. The molecule has 114 valence electrons. The molecule has 2 rings (SSSR count). The molecule has 3 nitrogen and oxygen atoms in total. The molecule has 0 amide bonds. The second kappa shape index (κ2) is 6.01. The van der Waals surface area contributed by atoms with E-state index in [-0.39, 0.29) is 12.0 Å². The Hall–Kier alpha value is -1.63. The average molecular weight is 315 g/mol. The zero-order valence-electron chi connectivity index (χ0n) is 11.9. The second-order valence-corrected chi connectivity index (χ2v) is 5.85. The average Bonchev–Trinajstić information content (AvgIpc) is 2.86. The Bertz CT molecular complexity index is 590. The lowest BCUT2D eigenvalue weighted by Crippen LogP contribution is -2.08. The molecule has 0 spiro atoms. The maximum absolute atomic E-state index is 12.5. The van der Waals surface area contributed by atoms with Gasteiger partial charge in [-0.05, 0) is 24.6 Å². The van der Waals surface area contributed by atoms with Gasteiger partial charge in [0.2, 0.25) is 5.13 Å². The maximum atomic E-state index is 12.5. The Morgan fingerprint density at radius 2 is 1.71 bits per heavy atom. The summed E-state index contributed by atoms with van der Waals surface area (Å²) in [4.78, 5) is 4.35. The van der Waals surface area contributed by atoms with Crippen LogP contribution < -0.4 is 5.32 Å². The molecule has 1 aromatic carbocycles. The Labute approximate surface area is 125 Å². The van der Waals surface area contributed by atoms with E-state index in [1.807, 2.05) is 20.8 Å². The molecule has 0 aliphatic rings. The minimum atomic E-state index is -4.30. The predicted octanol–water partition coefficient (Wildman–Crippen LogP) is 4.85. The monoisotopic (exact) mass is 315 g/mol. The standard InChI is InChI=1S/C14H16F3N3S/c1-8(2)12-19-13(21-20-12)18-9(3)10-4-6-11(7-5-10)14(15,16)17/h4-9H,1-3H3,(H,18,19,20). The lowest BCUT2D eigenvalue weighted by atomic mass is 10.1. The van der Waals surface area contributed by atoms with Gasteiger partial charge in [-0.1, -0.05) is 26.0 Å². The Kier molecular flexibility index (Phi) is 4.51. The summed E-state index contributed by atoms with van der Waals surface area (Å²) >= 11 is 1.26. The van der Waals surface area contributed by atoms with E-state index in [1.165, 1.54) is 23.7 Å². The van der Waals surface area contributed by atoms with Crippen LogP contribution >= 0.6 is 11.5 Å². The Morgan fingerprint density at radius 1 is 1.10 bits per heavy atom. The van der Waals surface area contributed by atoms with Crippen molar-refractivity contribution in [1.82, 2.24) is 9.36 Å². The first-order chi connectivity index (χ1) is 9.77. The molecular formula is C14H16F3N3S. The molecule has 1 unspecified atom stereocenters. The molecule has 0 radical (unpaired) electrons. The van der Waals surface area contributed by atoms with Crippen LogP contribution in [0, 0.1) is 0 Å². The highest BCUT2D eigenvalue weighted by Crippen LogP contribution is 2.30. The fourth-order valence-corrected chi connectivity index (χ4v) is 2.55. The van der Waals surface area contributed by atoms with Crippen molar-refractivity contribution in [3.8, 4) is 0 Å². The van der Waals surface area contributed by atoms with Crippen molar-refractivity contribution in [3.05, 3.63) is 41.2 Å². The van der Waals surface area contributed by atoms with E-state index < -0.39 is 11.7 Å². The molecule has 1 N–H and O–H groups in total. The lowest BCUT2D eigenvalue weighted by molar-refractivity contribution is -0.137. The fourth-order valence-electron chi connectivity index (χ4n) is 1.76. The molecule has 2 aromatic rings. The van der Waals surface area contributed by atoms with E-state index in [4.69, 9.17) is 0 Å². The van der Waals surface area contributed by atoms with Crippen LogP contribution in [0.4, 0.5) is 18.3 Å². The Balaban J connectivity index is 2.07. The SMILES string of the molecule is CC(C)c1nsc(NC(C)c2ccc(C(F)(F)F)cc2)n1. The lowest BCUT2D eigenvalue weighted by Gasteiger charge is -2.14. The van der Waals surface area contributed by atoms with Gasteiger partial charge in [0, 0.05) is 17.5 Å². The smallest absolute Gasteiger partial charge is 0.354 e. The third-order valence-corrected chi connectivity index (χ3v) is 3.70. The summed E-state index contributed by atoms with van der Waals surface area (Å²) in [7, 11) is 0. The maximum Gasteiger partial charge on any atom is 0.416 e. The van der Waals surface area contributed by atoms with Crippen molar-refractivity contribution in [2.75, 3.05) is 5.32 Å². The van der Waals surface area contributed by atoms with E-state index in [9.17, 15) is 13.2 Å². The molecule has 7 heteroatoms. The number of aromatic nitrogens is 2. The highest BCUT2D eigenvalue weighted by atomic mass is 32.1. The number of hydrogen-bond donors (Lipinski definition) is 1. The summed E-state index contributed by atoms with van der Waals surface area (Å²) in [6.45, 7) is 5.88. The van der Waals surface area contributed by atoms with Gasteiger partial charge in [0.25, 0.3) is 0 Å². The first-order valence-electron chi connectivity index (χ1n) is 6.54. The van der Waals surface area contributed by atoms with E-state index in [1.54, 1.807) is 0 Å². The van der Waals surface area contributed by atoms with Gasteiger partial charge in [-0.2, -0.15) is 17.5 Å². The van der Waals surface area contributed by atoms with Gasteiger partial charge in [0.1, 0.15) is 5.82 Å². The van der Waals surface area contributed by atoms with Gasteiger partial charge in [-0.3, -0.25) is 0 Å². The van der Waals surface area contributed by atoms with Crippen molar-refractivity contribution < 1.29 is 13.2 Å². The zero-order chi connectivity index (χ0) is 15.6. The summed E-state index contributed by atoms with van der Waals surface area (Å²) in [6, 6.07) is 5.00. The minimum absolute atomic E-state index is 0.139. The van der Waals surface area contributed by atoms with E-state index in [2.05, 4.69) is 14.7 Å². The molecule has 0 saturated heterocycles. The molecule has 0 saturated carbocycles. The van der Waals surface area contributed by atoms with Crippen LogP contribution in [0.1, 0.15) is 49.7 Å². The summed E-state index contributed by atoms with van der Waals surface area (Å²) in [5, 5.41) is 3.83. The van der Waals surface area contributed by atoms with Crippen molar-refractivity contribution in [2.45, 2.75) is 38.9 Å². The van der Waals surface area contributed by atoms with Crippen molar-refractivity contribution in [1.29, 1.82) is 0 Å². The zero-order valence-corrected chi connectivity index (χ0v) is 12.7. The van der Waals surface area contributed by atoms with E-state index >= 15 is 0 Å². The molecule has 21 heavy (non-hydrogen) atoms. The van der Waals surface area contributed by atoms with E-state index in [0.717, 1.165) is 23.5 Å². The predicted molar refractivity (Wildman–Crippen MR) is 77.5 cm³/mol. The van der Waals surface area contributed by atoms with Crippen LogP contribution in [0.3, 0.4) is 0 Å². The third kappa shape index (κ3) is 3.93. The van der Waals surface area contributed by atoms with Gasteiger partial charge in [-0.15, -0.1) is 0 Å². The van der Waals surface area contributed by atoms with Crippen molar-refractivity contribution in [2.24, 2.45) is 0 Å².